The molecule has 0 bridgehead atoms. The molecule has 0 aliphatic rings. The highest BCUT2D eigenvalue weighted by molar-refractivity contribution is 5.12. The number of halogens is 17. The molecular weight excluding hydrogens is 431 g/mol. The first kappa shape index (κ1) is 24.8. The lowest BCUT2D eigenvalue weighted by atomic mass is 9.90. The highest BCUT2D eigenvalue weighted by Gasteiger charge is 2.91. The quantitative estimate of drug-likeness (QED) is 0.431. The summed E-state index contributed by atoms with van der Waals surface area (Å²) in [4.78, 5) is 0. The Bertz CT molecular complexity index is 497. The Hall–Kier alpha value is -1.19. The molecule has 0 aliphatic heterocycles. The lowest BCUT2D eigenvalue weighted by molar-refractivity contribution is -0.436. The minimum Gasteiger partial charge on any atom is -0.203 e. The Morgan fingerprint density at radius 3 is 1.04 bits per heavy atom. The fourth-order valence-corrected chi connectivity index (χ4v) is 1.33. The van der Waals surface area contributed by atoms with E-state index in [0.717, 1.165) is 0 Å². The summed E-state index contributed by atoms with van der Waals surface area (Å²) in [5, 5.41) is 0. The highest BCUT2D eigenvalue weighted by atomic mass is 19.4. The van der Waals surface area contributed by atoms with Crippen LogP contribution in [-0.2, 0) is 0 Å². The van der Waals surface area contributed by atoms with Gasteiger partial charge in [-0.05, 0) is 0 Å². The second kappa shape index (κ2) is 6.17. The maximum absolute atomic E-state index is 12.9. The van der Waals surface area contributed by atoms with E-state index in [-0.39, 0.29) is 0 Å². The molecule has 17 heteroatoms. The van der Waals surface area contributed by atoms with Crippen LogP contribution in [0, 0.1) is 0 Å². The van der Waals surface area contributed by atoms with E-state index in [1.54, 1.807) is 0 Å². The summed E-state index contributed by atoms with van der Waals surface area (Å²) in [6, 6.07) is 0. The van der Waals surface area contributed by atoms with Crippen LogP contribution in [0.15, 0.2) is 0 Å². The van der Waals surface area contributed by atoms with E-state index in [9.17, 15) is 74.6 Å². The van der Waals surface area contributed by atoms with Gasteiger partial charge < -0.3 is 0 Å². The summed E-state index contributed by atoms with van der Waals surface area (Å²) in [6.45, 7) is 0. The molecule has 0 atom stereocenters. The highest BCUT2D eigenvalue weighted by Crippen LogP contribution is 2.61. The minimum atomic E-state index is -8.32. The Morgan fingerprint density at radius 1 is 0.462 bits per heavy atom. The molecule has 0 amide bonds. The van der Waals surface area contributed by atoms with Crippen molar-refractivity contribution in [1.29, 1.82) is 0 Å². The van der Waals surface area contributed by atoms with Gasteiger partial charge in [0.1, 0.15) is 6.42 Å². The zero-order chi connectivity index (χ0) is 21.8. The van der Waals surface area contributed by atoms with E-state index in [1.807, 2.05) is 0 Å². The van der Waals surface area contributed by atoms with Crippen LogP contribution in [0.4, 0.5) is 74.6 Å². The van der Waals surface area contributed by atoms with Crippen molar-refractivity contribution in [3.63, 3.8) is 0 Å². The smallest absolute Gasteiger partial charge is 0.203 e. The lowest BCUT2D eigenvalue weighted by Gasteiger charge is -2.41. The Morgan fingerprint density at radius 2 is 0.769 bits per heavy atom. The maximum atomic E-state index is 12.9. The number of alkyl halides is 17. The predicted octanol–water partition coefficient (Wildman–Crippen LogP) is 6.02. The predicted molar refractivity (Wildman–Crippen MR) is 46.4 cm³/mol. The molecule has 0 saturated heterocycles. The summed E-state index contributed by atoms with van der Waals surface area (Å²) in [5.74, 6) is -47.3. The van der Waals surface area contributed by atoms with Gasteiger partial charge in [0.15, 0.2) is 0 Å². The van der Waals surface area contributed by atoms with Gasteiger partial charge in [-0.25, -0.2) is 8.78 Å². The third-order valence-corrected chi connectivity index (χ3v) is 2.76. The fourth-order valence-electron chi connectivity index (χ4n) is 1.33. The van der Waals surface area contributed by atoms with E-state index in [4.69, 9.17) is 0 Å². The van der Waals surface area contributed by atoms with Gasteiger partial charge in [-0.1, -0.05) is 0 Å². The summed E-state index contributed by atoms with van der Waals surface area (Å²) < 4.78 is 211. The first-order chi connectivity index (χ1) is 10.9. The van der Waals surface area contributed by atoms with Crippen LogP contribution < -0.4 is 0 Å². The van der Waals surface area contributed by atoms with Crippen LogP contribution >= 0.6 is 0 Å². The molecule has 0 saturated carbocycles. The average molecular weight is 434 g/mol. The van der Waals surface area contributed by atoms with Crippen molar-refractivity contribution in [1.82, 2.24) is 0 Å². The van der Waals surface area contributed by atoms with Crippen LogP contribution in [0.25, 0.3) is 0 Å². The molecule has 158 valence electrons. The number of hydrogen-bond donors (Lipinski definition) is 0. The van der Waals surface area contributed by atoms with Crippen LogP contribution in [-0.4, -0.2) is 48.1 Å². The maximum Gasteiger partial charge on any atom is 0.395 e. The van der Waals surface area contributed by atoms with Crippen LogP contribution in [0.5, 0.6) is 0 Å². The van der Waals surface area contributed by atoms with E-state index in [0.29, 0.717) is 0 Å². The molecule has 0 unspecified atom stereocenters. The first-order valence-electron chi connectivity index (χ1n) is 5.52. The van der Waals surface area contributed by atoms with Gasteiger partial charge in [0.05, 0.1) is 0 Å². The molecular formula is C9H3F17. The largest absolute Gasteiger partial charge is 0.395 e. The lowest BCUT2D eigenvalue weighted by Crippen LogP contribution is -2.71. The van der Waals surface area contributed by atoms with E-state index >= 15 is 0 Å². The van der Waals surface area contributed by atoms with Crippen molar-refractivity contribution in [2.24, 2.45) is 0 Å². The van der Waals surface area contributed by atoms with Gasteiger partial charge >= 0.3 is 48.1 Å². The Labute approximate surface area is 130 Å². The van der Waals surface area contributed by atoms with Crippen molar-refractivity contribution in [2.45, 2.75) is 54.6 Å². The molecule has 0 radical (unpaired) electrons. The van der Waals surface area contributed by atoms with Crippen molar-refractivity contribution in [3.05, 3.63) is 0 Å². The van der Waals surface area contributed by atoms with Crippen LogP contribution in [0.1, 0.15) is 6.42 Å². The molecule has 0 N–H and O–H groups in total. The van der Waals surface area contributed by atoms with Gasteiger partial charge in [-0.2, -0.15) is 65.9 Å². The topological polar surface area (TPSA) is 0 Å². The van der Waals surface area contributed by atoms with Crippen LogP contribution in [0.3, 0.4) is 0 Å². The fraction of sp³-hybridized carbons (Fsp3) is 1.00. The van der Waals surface area contributed by atoms with E-state index in [1.165, 1.54) is 0 Å². The van der Waals surface area contributed by atoms with Gasteiger partial charge in [0, 0.05) is 0 Å². The summed E-state index contributed by atoms with van der Waals surface area (Å²) >= 11 is 0. The number of rotatable bonds is 7. The SMILES string of the molecule is FC(F)C(F)(F)C(F)(F)C(F)(F)C(F)(F)C(F)(F)C(F)(F)CC(F)(F)F. The molecule has 0 fully saturated rings. The molecule has 0 spiro atoms. The normalized spacial score (nSPS) is 16.4. The Kier molecular flexibility index (Phi) is 5.89. The molecule has 26 heavy (non-hydrogen) atoms. The van der Waals surface area contributed by atoms with E-state index < -0.39 is 54.6 Å². The zero-order valence-corrected chi connectivity index (χ0v) is 11.2. The molecule has 0 aliphatic carbocycles. The molecule has 0 aromatic carbocycles. The van der Waals surface area contributed by atoms with Gasteiger partial charge in [-0.3, -0.25) is 0 Å². The van der Waals surface area contributed by atoms with Crippen molar-refractivity contribution >= 4 is 0 Å². The summed E-state index contributed by atoms with van der Waals surface area (Å²) in [7, 11) is 0. The number of hydrogen-bond acceptors (Lipinski definition) is 0. The van der Waals surface area contributed by atoms with Crippen molar-refractivity contribution in [2.75, 3.05) is 0 Å². The minimum absolute atomic E-state index is 4.24. The first-order valence-corrected chi connectivity index (χ1v) is 5.52. The third kappa shape index (κ3) is 3.48. The molecule has 0 rings (SSSR count). The summed E-state index contributed by atoms with van der Waals surface area (Å²) in [6.07, 6.45) is -16.5. The summed E-state index contributed by atoms with van der Waals surface area (Å²) in [5.41, 5.74) is 0. The van der Waals surface area contributed by atoms with Gasteiger partial charge in [0.2, 0.25) is 0 Å². The third-order valence-electron chi connectivity index (χ3n) is 2.76. The zero-order valence-electron chi connectivity index (χ0n) is 11.2. The van der Waals surface area contributed by atoms with Crippen LogP contribution in [0.2, 0.25) is 0 Å². The molecule has 0 nitrogen and oxygen atoms in total. The second-order valence-corrected chi connectivity index (χ2v) is 4.72. The van der Waals surface area contributed by atoms with Gasteiger partial charge in [-0.15, -0.1) is 0 Å². The van der Waals surface area contributed by atoms with Crippen molar-refractivity contribution < 1.29 is 74.6 Å². The van der Waals surface area contributed by atoms with Gasteiger partial charge in [0.25, 0.3) is 0 Å². The second-order valence-electron chi connectivity index (χ2n) is 4.72. The molecule has 0 heterocycles. The molecule has 0 aromatic rings. The monoisotopic (exact) mass is 434 g/mol. The Balaban J connectivity index is 6.36. The van der Waals surface area contributed by atoms with E-state index in [2.05, 4.69) is 0 Å². The molecule has 0 aromatic heterocycles. The average Bonchev–Trinajstić information content (AvgIpc) is 2.34. The standard InChI is InChI=1S/C9H3F17/c10-2(11)5(17,18)7(21,22)9(25,26)8(23,24)6(19,20)3(12,13)1-4(14,15)16/h2H,1H2. The van der Waals surface area contributed by atoms with Crippen molar-refractivity contribution in [3.8, 4) is 0 Å².